The zero-order chi connectivity index (χ0) is 28.6. The Labute approximate surface area is 234 Å². The number of ether oxygens (including phenoxy) is 2. The van der Waals surface area contributed by atoms with Gasteiger partial charge in [0, 0.05) is 24.1 Å². The standard InChI is InChI=1S/C26H37ClNO8PS/c1-8-34-19-10-12-22(29)23(15-19)38-20-11-9-18(21(27)16-20)13-14-26(5,17-35-37(31,32-6)33-7)28-24(30)36-25(2,3)4/h9-12,15-16,29H,8,13-14,17H2,1-7H3,(H,28,30)/t26-/m0/s1. The molecule has 0 bridgehead atoms. The summed E-state index contributed by atoms with van der Waals surface area (Å²) in [6, 6.07) is 10.7. The van der Waals surface area contributed by atoms with Gasteiger partial charge in [-0.15, -0.1) is 0 Å². The minimum absolute atomic E-state index is 0.145. The predicted octanol–water partition coefficient (Wildman–Crippen LogP) is 7.23. The van der Waals surface area contributed by atoms with Crippen molar-refractivity contribution in [2.24, 2.45) is 0 Å². The van der Waals surface area contributed by atoms with E-state index in [-0.39, 0.29) is 12.4 Å². The number of phosphoric ester groups is 1. The van der Waals surface area contributed by atoms with E-state index in [2.05, 4.69) is 5.32 Å². The quantitative estimate of drug-likeness (QED) is 0.234. The lowest BCUT2D eigenvalue weighted by atomic mass is 9.94. The smallest absolute Gasteiger partial charge is 0.474 e. The lowest BCUT2D eigenvalue weighted by Gasteiger charge is -2.32. The summed E-state index contributed by atoms with van der Waals surface area (Å²) in [5, 5.41) is 13.6. The molecule has 0 aromatic heterocycles. The molecular formula is C26H37ClNO8PS. The molecule has 212 valence electrons. The molecule has 0 fully saturated rings. The Morgan fingerprint density at radius 1 is 1.11 bits per heavy atom. The lowest BCUT2D eigenvalue weighted by Crippen LogP contribution is -2.51. The van der Waals surface area contributed by atoms with Gasteiger partial charge in [-0.3, -0.25) is 13.6 Å². The third-order valence-corrected chi connectivity index (χ3v) is 7.96. The molecule has 0 unspecified atom stereocenters. The minimum Gasteiger partial charge on any atom is -0.507 e. The number of carbonyl (C=O) groups excluding carboxylic acids is 1. The number of phenolic OH excluding ortho intramolecular Hbond substituents is 1. The zero-order valence-electron chi connectivity index (χ0n) is 22.8. The fraction of sp³-hybridized carbons (Fsp3) is 0.500. The lowest BCUT2D eigenvalue weighted by molar-refractivity contribution is 0.0389. The van der Waals surface area contributed by atoms with Gasteiger partial charge < -0.3 is 19.9 Å². The summed E-state index contributed by atoms with van der Waals surface area (Å²) in [6.07, 6.45) is 0.206. The summed E-state index contributed by atoms with van der Waals surface area (Å²) < 4.78 is 38.5. The van der Waals surface area contributed by atoms with Crippen LogP contribution in [0.3, 0.4) is 0 Å². The zero-order valence-corrected chi connectivity index (χ0v) is 25.3. The molecule has 2 aromatic rings. The highest BCUT2D eigenvalue weighted by Crippen LogP contribution is 2.48. The number of amides is 1. The average molecular weight is 590 g/mol. The monoisotopic (exact) mass is 589 g/mol. The molecule has 38 heavy (non-hydrogen) atoms. The molecule has 0 saturated heterocycles. The van der Waals surface area contributed by atoms with Gasteiger partial charge in [-0.25, -0.2) is 9.36 Å². The summed E-state index contributed by atoms with van der Waals surface area (Å²) in [5.41, 5.74) is -0.854. The van der Waals surface area contributed by atoms with Gasteiger partial charge in [-0.2, -0.15) is 0 Å². The maximum atomic E-state index is 12.5. The van der Waals surface area contributed by atoms with E-state index < -0.39 is 25.1 Å². The molecule has 0 saturated carbocycles. The molecule has 1 amide bonds. The molecule has 0 aliphatic carbocycles. The highest BCUT2D eigenvalue weighted by atomic mass is 35.5. The van der Waals surface area contributed by atoms with Crippen molar-refractivity contribution in [2.45, 2.75) is 68.4 Å². The van der Waals surface area contributed by atoms with E-state index >= 15 is 0 Å². The van der Waals surface area contributed by atoms with E-state index in [0.29, 0.717) is 35.1 Å². The van der Waals surface area contributed by atoms with E-state index in [0.717, 1.165) is 10.5 Å². The van der Waals surface area contributed by atoms with Crippen LogP contribution in [0.25, 0.3) is 0 Å². The van der Waals surface area contributed by atoms with Gasteiger partial charge >= 0.3 is 13.9 Å². The molecule has 0 heterocycles. The molecule has 9 nitrogen and oxygen atoms in total. The Balaban J connectivity index is 2.17. The molecule has 0 spiro atoms. The van der Waals surface area contributed by atoms with Crippen molar-refractivity contribution in [1.29, 1.82) is 0 Å². The molecule has 0 radical (unpaired) electrons. The van der Waals surface area contributed by atoms with Crippen molar-refractivity contribution < 1.29 is 37.5 Å². The van der Waals surface area contributed by atoms with Crippen LogP contribution < -0.4 is 10.1 Å². The Morgan fingerprint density at radius 2 is 1.79 bits per heavy atom. The van der Waals surface area contributed by atoms with Crippen molar-refractivity contribution >= 4 is 37.3 Å². The van der Waals surface area contributed by atoms with Crippen LogP contribution in [0.4, 0.5) is 4.79 Å². The second kappa shape index (κ2) is 13.9. The Hall–Kier alpha value is -1.94. The number of aryl methyl sites for hydroxylation is 1. The summed E-state index contributed by atoms with van der Waals surface area (Å²) in [7, 11) is -1.34. The van der Waals surface area contributed by atoms with Gasteiger partial charge in [0.1, 0.15) is 17.1 Å². The van der Waals surface area contributed by atoms with Gasteiger partial charge in [-0.05, 0) is 83.4 Å². The van der Waals surface area contributed by atoms with Crippen LogP contribution in [-0.4, -0.2) is 49.8 Å². The number of hydrogen-bond donors (Lipinski definition) is 2. The normalized spacial score (nSPS) is 13.6. The van der Waals surface area contributed by atoms with Crippen LogP contribution in [0.1, 0.15) is 46.6 Å². The largest absolute Gasteiger partial charge is 0.507 e. The van der Waals surface area contributed by atoms with Crippen molar-refractivity contribution in [2.75, 3.05) is 27.4 Å². The number of nitrogens with one attached hydrogen (secondary N) is 1. The van der Waals surface area contributed by atoms with Gasteiger partial charge in [0.05, 0.1) is 23.6 Å². The Kier molecular flexibility index (Phi) is 11.8. The summed E-state index contributed by atoms with van der Waals surface area (Å²) in [4.78, 5) is 14.0. The molecular weight excluding hydrogens is 553 g/mol. The third kappa shape index (κ3) is 10.3. The van der Waals surface area contributed by atoms with Crippen molar-refractivity contribution in [1.82, 2.24) is 5.32 Å². The van der Waals surface area contributed by atoms with Gasteiger partial charge in [-0.1, -0.05) is 29.4 Å². The van der Waals surface area contributed by atoms with E-state index in [4.69, 9.17) is 34.6 Å². The highest BCUT2D eigenvalue weighted by molar-refractivity contribution is 7.99. The first kappa shape index (κ1) is 32.3. The van der Waals surface area contributed by atoms with Crippen molar-refractivity contribution in [3.8, 4) is 11.5 Å². The highest BCUT2D eigenvalue weighted by Gasteiger charge is 2.34. The topological polar surface area (TPSA) is 113 Å². The fourth-order valence-electron chi connectivity index (χ4n) is 3.29. The molecule has 0 aliphatic heterocycles. The van der Waals surface area contributed by atoms with Gasteiger partial charge in [0.2, 0.25) is 0 Å². The van der Waals surface area contributed by atoms with Crippen LogP contribution in [0, 0.1) is 0 Å². The van der Waals surface area contributed by atoms with Crippen molar-refractivity contribution in [3.63, 3.8) is 0 Å². The molecule has 12 heteroatoms. The molecule has 0 aliphatic rings. The van der Waals surface area contributed by atoms with Crippen molar-refractivity contribution in [3.05, 3.63) is 47.0 Å². The maximum absolute atomic E-state index is 12.5. The maximum Gasteiger partial charge on any atom is 0.474 e. The second-order valence-corrected chi connectivity index (χ2v) is 13.1. The van der Waals surface area contributed by atoms with E-state index in [1.54, 1.807) is 45.9 Å². The SMILES string of the molecule is CCOc1ccc(O)c(Sc2ccc(CC[C@@](C)(COP(=O)(OC)OC)NC(=O)OC(C)(C)C)c(Cl)c2)c1. The number of halogens is 1. The summed E-state index contributed by atoms with van der Waals surface area (Å²) >= 11 is 7.97. The first-order valence-corrected chi connectivity index (χ1v) is 14.7. The molecule has 2 rings (SSSR count). The minimum atomic E-state index is -3.77. The van der Waals surface area contributed by atoms with E-state index in [1.165, 1.54) is 26.0 Å². The number of carbonyl (C=O) groups is 1. The Morgan fingerprint density at radius 3 is 2.37 bits per heavy atom. The van der Waals surface area contributed by atoms with E-state index in [1.807, 2.05) is 25.1 Å². The molecule has 2 aromatic carbocycles. The first-order chi connectivity index (χ1) is 17.7. The van der Waals surface area contributed by atoms with Crippen LogP contribution >= 0.6 is 31.2 Å². The predicted molar refractivity (Wildman–Crippen MR) is 149 cm³/mol. The number of hydrogen-bond acceptors (Lipinski definition) is 9. The van der Waals surface area contributed by atoms with Crippen LogP contribution in [0.2, 0.25) is 5.02 Å². The van der Waals surface area contributed by atoms with E-state index in [9.17, 15) is 14.5 Å². The average Bonchev–Trinajstić information content (AvgIpc) is 2.83. The molecule has 1 atom stereocenters. The van der Waals surface area contributed by atoms with Gasteiger partial charge in [0.15, 0.2) is 0 Å². The van der Waals surface area contributed by atoms with Crippen LogP contribution in [0.15, 0.2) is 46.2 Å². The fourth-order valence-corrected chi connectivity index (χ4v) is 5.34. The number of benzene rings is 2. The van der Waals surface area contributed by atoms with Crippen LogP contribution in [0.5, 0.6) is 11.5 Å². The van der Waals surface area contributed by atoms with Crippen LogP contribution in [-0.2, 0) is 29.3 Å². The molecule has 2 N–H and O–H groups in total. The Bertz CT molecular complexity index is 1130. The van der Waals surface area contributed by atoms with Gasteiger partial charge in [0.25, 0.3) is 0 Å². The third-order valence-electron chi connectivity index (χ3n) is 5.23. The summed E-state index contributed by atoms with van der Waals surface area (Å²) in [5.74, 6) is 0.813. The number of rotatable bonds is 13. The number of alkyl carbamates (subject to hydrolysis) is 1. The number of aromatic hydroxyl groups is 1. The first-order valence-electron chi connectivity index (χ1n) is 12.0. The number of phenols is 1. The summed E-state index contributed by atoms with van der Waals surface area (Å²) in [6.45, 7) is 9.29. The number of phosphoric acid groups is 1. The second-order valence-electron chi connectivity index (χ2n) is 9.69.